The number of ether oxygens (including phenoxy) is 2. The summed E-state index contributed by atoms with van der Waals surface area (Å²) in [4.78, 5) is 0. The molecule has 0 bridgehead atoms. The number of nitrogens with zero attached hydrogens (tertiary/aromatic N) is 1. The first kappa shape index (κ1) is 12.3. The van der Waals surface area contributed by atoms with Gasteiger partial charge in [-0.15, -0.1) is 13.2 Å². The second-order valence-corrected chi connectivity index (χ2v) is 2.78. The quantitative estimate of drug-likeness (QED) is 0.747. The van der Waals surface area contributed by atoms with Gasteiger partial charge in [0.2, 0.25) is 0 Å². The maximum Gasteiger partial charge on any atom is 0.522 e. The summed E-state index contributed by atoms with van der Waals surface area (Å²) in [6.07, 6.45) is -4.63. The van der Waals surface area contributed by atoms with E-state index in [0.29, 0.717) is 11.3 Å². The van der Waals surface area contributed by atoms with E-state index in [2.05, 4.69) is 4.74 Å². The van der Waals surface area contributed by atoms with Gasteiger partial charge in [-0.2, -0.15) is 5.26 Å². The second-order valence-electron chi connectivity index (χ2n) is 2.78. The lowest BCUT2D eigenvalue weighted by Gasteiger charge is -2.08. The van der Waals surface area contributed by atoms with E-state index in [4.69, 9.17) is 10.00 Å². The van der Waals surface area contributed by atoms with E-state index in [0.717, 1.165) is 0 Å². The van der Waals surface area contributed by atoms with Gasteiger partial charge >= 0.3 is 6.36 Å². The molecule has 0 aliphatic heterocycles. The summed E-state index contributed by atoms with van der Waals surface area (Å²) in [6, 6.07) is 7.95. The third-order valence-corrected chi connectivity index (χ3v) is 1.60. The van der Waals surface area contributed by atoms with Crippen molar-refractivity contribution in [3.63, 3.8) is 0 Å². The molecule has 16 heavy (non-hydrogen) atoms. The largest absolute Gasteiger partial charge is 0.522 e. The highest BCUT2D eigenvalue weighted by Gasteiger charge is 2.28. The molecule has 0 amide bonds. The van der Waals surface area contributed by atoms with Crippen LogP contribution in [0.3, 0.4) is 0 Å². The van der Waals surface area contributed by atoms with Gasteiger partial charge in [0.15, 0.2) is 0 Å². The molecule has 6 heteroatoms. The zero-order valence-electron chi connectivity index (χ0n) is 8.12. The molecular formula is C10H8F3NO2. The van der Waals surface area contributed by atoms with Gasteiger partial charge in [-0.25, -0.2) is 0 Å². The fraction of sp³-hybridized carbons (Fsp3) is 0.300. The fourth-order valence-electron chi connectivity index (χ4n) is 0.943. The Balaban J connectivity index is 2.30. The SMILES string of the molecule is N#Cc1ccc(OCCOC(F)(F)F)cc1. The lowest BCUT2D eigenvalue weighted by Crippen LogP contribution is -2.18. The zero-order chi connectivity index (χ0) is 12.0. The molecule has 0 aliphatic carbocycles. The molecule has 0 aromatic heterocycles. The van der Waals surface area contributed by atoms with Crippen LogP contribution >= 0.6 is 0 Å². The summed E-state index contributed by atoms with van der Waals surface area (Å²) in [5, 5.41) is 8.50. The van der Waals surface area contributed by atoms with E-state index in [-0.39, 0.29) is 6.61 Å². The Morgan fingerprint density at radius 2 is 1.75 bits per heavy atom. The Labute approximate surface area is 90.0 Å². The van der Waals surface area contributed by atoms with E-state index in [1.165, 1.54) is 24.3 Å². The molecule has 0 radical (unpaired) electrons. The maximum atomic E-state index is 11.6. The Kier molecular flexibility index (Phi) is 4.14. The second kappa shape index (κ2) is 5.37. The maximum absolute atomic E-state index is 11.6. The van der Waals surface area contributed by atoms with Crippen molar-refractivity contribution >= 4 is 0 Å². The van der Waals surface area contributed by atoms with Crippen LogP contribution in [-0.4, -0.2) is 19.6 Å². The predicted molar refractivity (Wildman–Crippen MR) is 48.7 cm³/mol. The minimum absolute atomic E-state index is 0.203. The van der Waals surface area contributed by atoms with Crippen LogP contribution in [0.5, 0.6) is 5.75 Å². The molecule has 0 aliphatic rings. The number of nitriles is 1. The van der Waals surface area contributed by atoms with Crippen molar-refractivity contribution in [3.05, 3.63) is 29.8 Å². The zero-order valence-corrected chi connectivity index (χ0v) is 8.12. The number of benzene rings is 1. The Bertz CT molecular complexity index is 367. The highest BCUT2D eigenvalue weighted by atomic mass is 19.4. The monoisotopic (exact) mass is 231 g/mol. The summed E-state index contributed by atoms with van der Waals surface area (Å²) >= 11 is 0. The summed E-state index contributed by atoms with van der Waals surface area (Å²) in [5.74, 6) is 0.393. The molecule has 0 saturated heterocycles. The van der Waals surface area contributed by atoms with E-state index < -0.39 is 13.0 Å². The van der Waals surface area contributed by atoms with Crippen LogP contribution in [0.4, 0.5) is 13.2 Å². The number of hydrogen-bond acceptors (Lipinski definition) is 3. The molecule has 1 aromatic carbocycles. The first-order valence-corrected chi connectivity index (χ1v) is 4.35. The first-order valence-electron chi connectivity index (χ1n) is 4.35. The van der Waals surface area contributed by atoms with E-state index in [9.17, 15) is 13.2 Å². The van der Waals surface area contributed by atoms with Crippen LogP contribution < -0.4 is 4.74 Å². The minimum Gasteiger partial charge on any atom is -0.491 e. The highest BCUT2D eigenvalue weighted by Crippen LogP contribution is 2.16. The molecule has 0 spiro atoms. The molecule has 1 rings (SSSR count). The van der Waals surface area contributed by atoms with Crippen LogP contribution in [0.2, 0.25) is 0 Å². The number of rotatable bonds is 4. The van der Waals surface area contributed by atoms with E-state index >= 15 is 0 Å². The fourth-order valence-corrected chi connectivity index (χ4v) is 0.943. The summed E-state index contributed by atoms with van der Waals surface area (Å²) in [6.45, 7) is -0.769. The molecule has 0 fully saturated rings. The van der Waals surface area contributed by atoms with Gasteiger partial charge < -0.3 is 4.74 Å². The number of hydrogen-bond donors (Lipinski definition) is 0. The van der Waals surface area contributed by atoms with Crippen molar-refractivity contribution < 1.29 is 22.6 Å². The van der Waals surface area contributed by atoms with Gasteiger partial charge in [0.25, 0.3) is 0 Å². The molecule has 1 aromatic rings. The van der Waals surface area contributed by atoms with Gasteiger partial charge in [-0.1, -0.05) is 0 Å². The Morgan fingerprint density at radius 3 is 2.25 bits per heavy atom. The smallest absolute Gasteiger partial charge is 0.491 e. The molecule has 3 nitrogen and oxygen atoms in total. The highest BCUT2D eigenvalue weighted by molar-refractivity contribution is 5.34. The minimum atomic E-state index is -4.63. The van der Waals surface area contributed by atoms with Crippen LogP contribution in [-0.2, 0) is 4.74 Å². The molecule has 0 unspecified atom stereocenters. The van der Waals surface area contributed by atoms with Crippen LogP contribution in [0, 0.1) is 11.3 Å². The number of halogens is 3. The lowest BCUT2D eigenvalue weighted by molar-refractivity contribution is -0.325. The van der Waals surface area contributed by atoms with Gasteiger partial charge in [0.1, 0.15) is 12.4 Å². The lowest BCUT2D eigenvalue weighted by atomic mass is 10.2. The van der Waals surface area contributed by atoms with Gasteiger partial charge in [-0.3, -0.25) is 4.74 Å². The van der Waals surface area contributed by atoms with Crippen molar-refractivity contribution in [2.45, 2.75) is 6.36 Å². The normalized spacial score (nSPS) is 10.9. The van der Waals surface area contributed by atoms with Gasteiger partial charge in [0.05, 0.1) is 18.2 Å². The molecule has 0 heterocycles. The Hall–Kier alpha value is -1.74. The van der Waals surface area contributed by atoms with Crippen molar-refractivity contribution in [1.82, 2.24) is 0 Å². The predicted octanol–water partition coefficient (Wildman–Crippen LogP) is 2.47. The van der Waals surface area contributed by atoms with Crippen LogP contribution in [0.25, 0.3) is 0 Å². The van der Waals surface area contributed by atoms with Crippen LogP contribution in [0.15, 0.2) is 24.3 Å². The summed E-state index contributed by atoms with van der Waals surface area (Å²) in [7, 11) is 0. The molecule has 86 valence electrons. The van der Waals surface area contributed by atoms with Crippen LogP contribution in [0.1, 0.15) is 5.56 Å². The van der Waals surface area contributed by atoms with E-state index in [1.54, 1.807) is 0 Å². The average molecular weight is 231 g/mol. The number of alkyl halides is 3. The first-order chi connectivity index (χ1) is 7.51. The van der Waals surface area contributed by atoms with Crippen molar-refractivity contribution in [3.8, 4) is 11.8 Å². The average Bonchev–Trinajstić information content (AvgIpc) is 2.24. The summed E-state index contributed by atoms with van der Waals surface area (Å²) < 4.78 is 43.2. The topological polar surface area (TPSA) is 42.2 Å². The Morgan fingerprint density at radius 1 is 1.12 bits per heavy atom. The van der Waals surface area contributed by atoms with Gasteiger partial charge in [-0.05, 0) is 24.3 Å². The molecule has 0 N–H and O–H groups in total. The molecule has 0 saturated carbocycles. The standard InChI is InChI=1S/C10H8F3NO2/c11-10(12,13)16-6-5-15-9-3-1-8(7-14)2-4-9/h1-4H,5-6H2. The third kappa shape index (κ3) is 4.66. The van der Waals surface area contributed by atoms with Gasteiger partial charge in [0, 0.05) is 0 Å². The molecular weight excluding hydrogens is 223 g/mol. The van der Waals surface area contributed by atoms with Crippen molar-refractivity contribution in [2.24, 2.45) is 0 Å². The third-order valence-electron chi connectivity index (χ3n) is 1.60. The molecule has 0 atom stereocenters. The van der Waals surface area contributed by atoms with Crippen molar-refractivity contribution in [1.29, 1.82) is 5.26 Å². The van der Waals surface area contributed by atoms with E-state index in [1.807, 2.05) is 6.07 Å². The van der Waals surface area contributed by atoms with Crippen molar-refractivity contribution in [2.75, 3.05) is 13.2 Å². The summed E-state index contributed by atoms with van der Waals surface area (Å²) in [5.41, 5.74) is 0.457.